The van der Waals surface area contributed by atoms with Gasteiger partial charge in [-0.15, -0.1) is 0 Å². The molecule has 0 aliphatic carbocycles. The quantitative estimate of drug-likeness (QED) is 0.887. The molecule has 5 atom stereocenters. The van der Waals surface area contributed by atoms with Gasteiger partial charge in [-0.05, 0) is 39.2 Å². The molecule has 0 saturated carbocycles. The minimum absolute atomic E-state index is 0.155. The molecule has 19 heavy (non-hydrogen) atoms. The van der Waals surface area contributed by atoms with E-state index in [4.69, 9.17) is 9.26 Å². The molecule has 0 radical (unpaired) electrons. The number of nitrogens with one attached hydrogen (secondary N) is 1. The molecule has 0 spiro atoms. The summed E-state index contributed by atoms with van der Waals surface area (Å²) in [4.78, 5) is 4.65. The van der Waals surface area contributed by atoms with Gasteiger partial charge in [0.05, 0.1) is 18.1 Å². The predicted molar refractivity (Wildman–Crippen MR) is 71.1 cm³/mol. The van der Waals surface area contributed by atoms with Gasteiger partial charge in [-0.2, -0.15) is 4.98 Å². The first-order chi connectivity index (χ1) is 9.16. The average Bonchev–Trinajstić information content (AvgIpc) is 2.97. The summed E-state index contributed by atoms with van der Waals surface area (Å²) < 4.78 is 11.4. The topological polar surface area (TPSA) is 60.2 Å². The van der Waals surface area contributed by atoms with Crippen LogP contribution in [-0.4, -0.2) is 35.4 Å². The SMILES string of the molecule is CC1OC(C)C(c2nc(C3CCCNC3)no2)C1C. The fraction of sp³-hybridized carbons (Fsp3) is 0.857. The largest absolute Gasteiger partial charge is 0.374 e. The zero-order chi connectivity index (χ0) is 13.4. The fourth-order valence-electron chi connectivity index (χ4n) is 3.31. The van der Waals surface area contributed by atoms with Crippen molar-refractivity contribution in [3.63, 3.8) is 0 Å². The number of hydrogen-bond donors (Lipinski definition) is 1. The van der Waals surface area contributed by atoms with Crippen molar-refractivity contribution >= 4 is 0 Å². The number of aromatic nitrogens is 2. The van der Waals surface area contributed by atoms with E-state index >= 15 is 0 Å². The highest BCUT2D eigenvalue weighted by Gasteiger charge is 2.41. The van der Waals surface area contributed by atoms with Crippen molar-refractivity contribution in [2.24, 2.45) is 5.92 Å². The van der Waals surface area contributed by atoms with Gasteiger partial charge in [-0.3, -0.25) is 0 Å². The summed E-state index contributed by atoms with van der Waals surface area (Å²) in [7, 11) is 0. The van der Waals surface area contributed by atoms with Crippen LogP contribution in [-0.2, 0) is 4.74 Å². The van der Waals surface area contributed by atoms with Crippen molar-refractivity contribution < 1.29 is 9.26 Å². The third-order valence-electron chi connectivity index (χ3n) is 4.65. The smallest absolute Gasteiger partial charge is 0.232 e. The van der Waals surface area contributed by atoms with Gasteiger partial charge in [-0.1, -0.05) is 12.1 Å². The van der Waals surface area contributed by atoms with Crippen LogP contribution in [0.5, 0.6) is 0 Å². The van der Waals surface area contributed by atoms with Crippen molar-refractivity contribution in [3.05, 3.63) is 11.7 Å². The van der Waals surface area contributed by atoms with Crippen molar-refractivity contribution in [1.29, 1.82) is 0 Å². The number of piperidine rings is 1. The zero-order valence-corrected chi connectivity index (χ0v) is 11.9. The Morgan fingerprint density at radius 3 is 2.68 bits per heavy atom. The molecule has 5 unspecified atom stereocenters. The number of ether oxygens (including phenoxy) is 1. The Hall–Kier alpha value is -0.940. The summed E-state index contributed by atoms with van der Waals surface area (Å²) >= 11 is 0. The molecule has 1 aromatic rings. The zero-order valence-electron chi connectivity index (χ0n) is 11.9. The molecule has 2 aliphatic rings. The van der Waals surface area contributed by atoms with Crippen molar-refractivity contribution in [2.45, 2.75) is 57.7 Å². The van der Waals surface area contributed by atoms with Crippen molar-refractivity contribution in [1.82, 2.24) is 15.5 Å². The van der Waals surface area contributed by atoms with Crippen LogP contribution in [0.25, 0.3) is 0 Å². The normalized spacial score (nSPS) is 39.6. The maximum absolute atomic E-state index is 5.86. The molecule has 0 bridgehead atoms. The Kier molecular flexibility index (Phi) is 3.58. The molecule has 1 N–H and O–H groups in total. The molecule has 1 aromatic heterocycles. The summed E-state index contributed by atoms with van der Waals surface area (Å²) in [5.41, 5.74) is 0. The van der Waals surface area contributed by atoms with E-state index in [-0.39, 0.29) is 18.1 Å². The Morgan fingerprint density at radius 1 is 1.21 bits per heavy atom. The molecule has 5 heteroatoms. The molecule has 0 amide bonds. The number of nitrogens with zero attached hydrogens (tertiary/aromatic N) is 2. The molecule has 106 valence electrons. The summed E-state index contributed by atoms with van der Waals surface area (Å²) in [5, 5.41) is 7.59. The van der Waals surface area contributed by atoms with Crippen LogP contribution in [0, 0.1) is 5.92 Å². The van der Waals surface area contributed by atoms with Crippen LogP contribution in [0.4, 0.5) is 0 Å². The van der Waals surface area contributed by atoms with Gasteiger partial charge >= 0.3 is 0 Å². The second kappa shape index (κ2) is 5.21. The maximum atomic E-state index is 5.86. The molecule has 3 rings (SSSR count). The van der Waals surface area contributed by atoms with Crippen molar-refractivity contribution in [3.8, 4) is 0 Å². The summed E-state index contributed by atoms with van der Waals surface area (Å²) in [6.45, 7) is 8.47. The highest BCUT2D eigenvalue weighted by atomic mass is 16.5. The van der Waals surface area contributed by atoms with Gasteiger partial charge in [0.1, 0.15) is 0 Å². The minimum atomic E-state index is 0.155. The summed E-state index contributed by atoms with van der Waals surface area (Å²) in [5.74, 6) is 2.67. The molecule has 0 aromatic carbocycles. The molecule has 2 fully saturated rings. The van der Waals surface area contributed by atoms with Crippen LogP contribution in [0.1, 0.15) is 57.2 Å². The van der Waals surface area contributed by atoms with Crippen LogP contribution < -0.4 is 5.32 Å². The number of rotatable bonds is 2. The monoisotopic (exact) mass is 265 g/mol. The van der Waals surface area contributed by atoms with Crippen LogP contribution >= 0.6 is 0 Å². The first-order valence-corrected chi connectivity index (χ1v) is 7.36. The summed E-state index contributed by atoms with van der Waals surface area (Å²) in [6, 6.07) is 0. The lowest BCUT2D eigenvalue weighted by molar-refractivity contribution is 0.0542. The van der Waals surface area contributed by atoms with Gasteiger partial charge in [0.25, 0.3) is 0 Å². The van der Waals surface area contributed by atoms with Gasteiger partial charge in [0, 0.05) is 12.5 Å². The van der Waals surface area contributed by atoms with Crippen molar-refractivity contribution in [2.75, 3.05) is 13.1 Å². The Morgan fingerprint density at radius 2 is 2.05 bits per heavy atom. The highest BCUT2D eigenvalue weighted by Crippen LogP contribution is 2.39. The van der Waals surface area contributed by atoms with E-state index in [1.807, 2.05) is 0 Å². The van der Waals surface area contributed by atoms with Gasteiger partial charge in [0.2, 0.25) is 5.89 Å². The third kappa shape index (κ3) is 2.41. The Balaban J connectivity index is 1.77. The molecule has 2 aliphatic heterocycles. The van der Waals surface area contributed by atoms with E-state index < -0.39 is 0 Å². The first-order valence-electron chi connectivity index (χ1n) is 7.36. The molecule has 3 heterocycles. The lowest BCUT2D eigenvalue weighted by atomic mass is 9.89. The Labute approximate surface area is 114 Å². The van der Waals surface area contributed by atoms with Crippen LogP contribution in [0.15, 0.2) is 4.52 Å². The number of hydrogen-bond acceptors (Lipinski definition) is 5. The highest BCUT2D eigenvalue weighted by molar-refractivity contribution is 5.06. The maximum Gasteiger partial charge on any atom is 0.232 e. The molecule has 5 nitrogen and oxygen atoms in total. The molecular weight excluding hydrogens is 242 g/mol. The predicted octanol–water partition coefficient (Wildman–Crippen LogP) is 2.06. The van der Waals surface area contributed by atoms with E-state index in [1.165, 1.54) is 6.42 Å². The van der Waals surface area contributed by atoms with Gasteiger partial charge in [-0.25, -0.2) is 0 Å². The molecular formula is C14H23N3O2. The second-order valence-corrected chi connectivity index (χ2v) is 5.97. The van der Waals surface area contributed by atoms with E-state index in [1.54, 1.807) is 0 Å². The first kappa shape index (κ1) is 13.1. The van der Waals surface area contributed by atoms with Crippen LogP contribution in [0.2, 0.25) is 0 Å². The van der Waals surface area contributed by atoms with E-state index in [0.717, 1.165) is 31.2 Å². The summed E-state index contributed by atoms with van der Waals surface area (Å²) in [6.07, 6.45) is 2.74. The van der Waals surface area contributed by atoms with Gasteiger partial charge < -0.3 is 14.6 Å². The van der Waals surface area contributed by atoms with Crippen LogP contribution in [0.3, 0.4) is 0 Å². The third-order valence-corrected chi connectivity index (χ3v) is 4.65. The lowest BCUT2D eigenvalue weighted by Crippen LogP contribution is -2.29. The van der Waals surface area contributed by atoms with E-state index in [0.29, 0.717) is 11.8 Å². The fourth-order valence-corrected chi connectivity index (χ4v) is 3.31. The molecule has 2 saturated heterocycles. The minimum Gasteiger partial charge on any atom is -0.374 e. The lowest BCUT2D eigenvalue weighted by Gasteiger charge is -2.19. The average molecular weight is 265 g/mol. The van der Waals surface area contributed by atoms with Gasteiger partial charge in [0.15, 0.2) is 5.82 Å². The van der Waals surface area contributed by atoms with E-state index in [9.17, 15) is 0 Å². The Bertz CT molecular complexity index is 428. The standard InChI is InChI=1S/C14H23N3O2/c1-8-9(2)18-10(3)12(8)14-16-13(17-19-14)11-5-4-6-15-7-11/h8-12,15H,4-7H2,1-3H3. The second-order valence-electron chi connectivity index (χ2n) is 5.97. The van der Waals surface area contributed by atoms with E-state index in [2.05, 4.69) is 36.2 Å².